The van der Waals surface area contributed by atoms with E-state index in [1.54, 1.807) is 0 Å². The standard InChI is InChI=1S/C28H40O3/c29-28(30)19-15-10-8-6-4-2-1-3-5-7-9-12-16-25-20-22-27(23-21-25)31-24-26-17-13-11-14-18-26/h11,13-14,17-18,20-23H,1-10,12,15-16,19,24H2,(H,29,30). The highest BCUT2D eigenvalue weighted by atomic mass is 16.5. The van der Waals surface area contributed by atoms with Crippen molar-refractivity contribution in [3.8, 4) is 5.75 Å². The Morgan fingerprint density at radius 2 is 1.13 bits per heavy atom. The minimum atomic E-state index is -0.665. The lowest BCUT2D eigenvalue weighted by Crippen LogP contribution is -1.95. The summed E-state index contributed by atoms with van der Waals surface area (Å²) in [6.45, 7) is 0.618. The van der Waals surface area contributed by atoms with Crippen LogP contribution in [0.25, 0.3) is 0 Å². The minimum absolute atomic E-state index is 0.328. The number of hydrogen-bond donors (Lipinski definition) is 1. The monoisotopic (exact) mass is 424 g/mol. The van der Waals surface area contributed by atoms with Gasteiger partial charge in [-0.25, -0.2) is 0 Å². The summed E-state index contributed by atoms with van der Waals surface area (Å²) in [5.74, 6) is 0.273. The molecule has 0 fully saturated rings. The molecule has 3 nitrogen and oxygen atoms in total. The van der Waals surface area contributed by atoms with Crippen molar-refractivity contribution >= 4 is 5.97 Å². The van der Waals surface area contributed by atoms with Gasteiger partial charge in [0.2, 0.25) is 0 Å². The highest BCUT2D eigenvalue weighted by molar-refractivity contribution is 5.66. The van der Waals surface area contributed by atoms with E-state index in [0.29, 0.717) is 13.0 Å². The van der Waals surface area contributed by atoms with Gasteiger partial charge in [0, 0.05) is 6.42 Å². The molecule has 2 aromatic rings. The third-order valence-corrected chi connectivity index (χ3v) is 5.78. The molecule has 0 aliphatic heterocycles. The van der Waals surface area contributed by atoms with Crippen molar-refractivity contribution in [2.45, 2.75) is 96.5 Å². The van der Waals surface area contributed by atoms with Gasteiger partial charge in [-0.15, -0.1) is 0 Å². The summed E-state index contributed by atoms with van der Waals surface area (Å²) in [7, 11) is 0. The average Bonchev–Trinajstić information content (AvgIpc) is 2.79. The van der Waals surface area contributed by atoms with Crippen molar-refractivity contribution in [2.24, 2.45) is 0 Å². The number of carbonyl (C=O) groups is 1. The van der Waals surface area contributed by atoms with Crippen molar-refractivity contribution < 1.29 is 14.6 Å². The van der Waals surface area contributed by atoms with Gasteiger partial charge in [-0.3, -0.25) is 4.79 Å². The smallest absolute Gasteiger partial charge is 0.303 e. The Bertz CT molecular complexity index is 694. The molecule has 0 saturated carbocycles. The van der Waals surface area contributed by atoms with E-state index in [-0.39, 0.29) is 0 Å². The summed E-state index contributed by atoms with van der Waals surface area (Å²) in [4.78, 5) is 10.4. The predicted octanol–water partition coefficient (Wildman–Crippen LogP) is 7.96. The number of carboxylic acid groups (broad SMARTS) is 1. The maximum absolute atomic E-state index is 10.4. The second-order valence-corrected chi connectivity index (χ2v) is 8.55. The first-order valence-electron chi connectivity index (χ1n) is 12.2. The topological polar surface area (TPSA) is 46.5 Å². The molecule has 0 heterocycles. The van der Waals surface area contributed by atoms with Crippen LogP contribution in [0, 0.1) is 0 Å². The zero-order valence-electron chi connectivity index (χ0n) is 19.1. The van der Waals surface area contributed by atoms with Crippen LogP contribution in [0.15, 0.2) is 54.6 Å². The van der Waals surface area contributed by atoms with E-state index in [9.17, 15) is 4.79 Å². The molecule has 0 saturated heterocycles. The van der Waals surface area contributed by atoms with E-state index >= 15 is 0 Å². The molecular weight excluding hydrogens is 384 g/mol. The van der Waals surface area contributed by atoms with Crippen LogP contribution in [0.3, 0.4) is 0 Å². The first-order chi connectivity index (χ1) is 15.2. The highest BCUT2D eigenvalue weighted by Gasteiger charge is 1.99. The van der Waals surface area contributed by atoms with Crippen molar-refractivity contribution in [2.75, 3.05) is 0 Å². The molecule has 0 spiro atoms. The van der Waals surface area contributed by atoms with Crippen LogP contribution in [-0.4, -0.2) is 11.1 Å². The largest absolute Gasteiger partial charge is 0.489 e. The van der Waals surface area contributed by atoms with Crippen LogP contribution < -0.4 is 4.74 Å². The van der Waals surface area contributed by atoms with Gasteiger partial charge in [-0.05, 0) is 42.5 Å². The lowest BCUT2D eigenvalue weighted by Gasteiger charge is -2.07. The quantitative estimate of drug-likeness (QED) is 0.247. The van der Waals surface area contributed by atoms with E-state index in [2.05, 4.69) is 36.4 Å². The van der Waals surface area contributed by atoms with Crippen molar-refractivity contribution in [1.29, 1.82) is 0 Å². The summed E-state index contributed by atoms with van der Waals surface area (Å²) in [6, 6.07) is 18.8. The zero-order chi connectivity index (χ0) is 22.0. The molecular formula is C28H40O3. The zero-order valence-corrected chi connectivity index (χ0v) is 19.1. The number of unbranched alkanes of at least 4 members (excludes halogenated alkanes) is 11. The summed E-state index contributed by atoms with van der Waals surface area (Å²) in [5.41, 5.74) is 2.59. The number of carboxylic acids is 1. The molecule has 0 amide bonds. The Labute approximate surface area is 188 Å². The summed E-state index contributed by atoms with van der Waals surface area (Å²) >= 11 is 0. The second-order valence-electron chi connectivity index (χ2n) is 8.55. The number of aryl methyl sites for hydroxylation is 1. The van der Waals surface area contributed by atoms with Crippen molar-refractivity contribution in [3.63, 3.8) is 0 Å². The molecule has 1 N–H and O–H groups in total. The van der Waals surface area contributed by atoms with E-state index in [1.807, 2.05) is 18.2 Å². The van der Waals surface area contributed by atoms with E-state index in [4.69, 9.17) is 9.84 Å². The highest BCUT2D eigenvalue weighted by Crippen LogP contribution is 2.17. The van der Waals surface area contributed by atoms with Crippen LogP contribution in [0.1, 0.15) is 94.6 Å². The number of benzene rings is 2. The predicted molar refractivity (Wildman–Crippen MR) is 129 cm³/mol. The fraction of sp³-hybridized carbons (Fsp3) is 0.536. The Balaban J connectivity index is 1.39. The Kier molecular flexibility index (Phi) is 13.2. The Morgan fingerprint density at radius 1 is 0.613 bits per heavy atom. The van der Waals surface area contributed by atoms with Gasteiger partial charge in [0.15, 0.2) is 0 Å². The number of hydrogen-bond acceptors (Lipinski definition) is 2. The molecule has 0 aliphatic rings. The van der Waals surface area contributed by atoms with Gasteiger partial charge >= 0.3 is 5.97 Å². The van der Waals surface area contributed by atoms with Gasteiger partial charge in [0.05, 0.1) is 0 Å². The summed E-state index contributed by atoms with van der Waals surface area (Å²) < 4.78 is 5.86. The number of rotatable bonds is 18. The number of aliphatic carboxylic acids is 1. The van der Waals surface area contributed by atoms with Crippen LogP contribution in [0.4, 0.5) is 0 Å². The lowest BCUT2D eigenvalue weighted by atomic mass is 10.0. The van der Waals surface area contributed by atoms with Gasteiger partial charge in [0.25, 0.3) is 0 Å². The third kappa shape index (κ3) is 12.9. The van der Waals surface area contributed by atoms with Gasteiger partial charge < -0.3 is 9.84 Å². The van der Waals surface area contributed by atoms with E-state index < -0.39 is 5.97 Å². The molecule has 3 heteroatoms. The molecule has 0 aliphatic carbocycles. The first kappa shape index (κ1) is 25.0. The fourth-order valence-electron chi connectivity index (χ4n) is 3.87. The fourth-order valence-corrected chi connectivity index (χ4v) is 3.87. The van der Waals surface area contributed by atoms with Gasteiger partial charge in [-0.1, -0.05) is 107 Å². The molecule has 2 rings (SSSR count). The van der Waals surface area contributed by atoms with Crippen LogP contribution >= 0.6 is 0 Å². The molecule has 0 radical (unpaired) electrons. The Morgan fingerprint density at radius 3 is 1.68 bits per heavy atom. The lowest BCUT2D eigenvalue weighted by molar-refractivity contribution is -0.137. The van der Waals surface area contributed by atoms with E-state index in [1.165, 1.54) is 75.3 Å². The van der Waals surface area contributed by atoms with Crippen molar-refractivity contribution in [3.05, 3.63) is 65.7 Å². The van der Waals surface area contributed by atoms with Gasteiger partial charge in [-0.2, -0.15) is 0 Å². The number of ether oxygens (including phenoxy) is 1. The molecule has 0 unspecified atom stereocenters. The maximum Gasteiger partial charge on any atom is 0.303 e. The average molecular weight is 425 g/mol. The van der Waals surface area contributed by atoms with Crippen LogP contribution in [-0.2, 0) is 17.8 Å². The van der Waals surface area contributed by atoms with E-state index in [0.717, 1.165) is 25.0 Å². The first-order valence-corrected chi connectivity index (χ1v) is 12.2. The summed E-state index contributed by atoms with van der Waals surface area (Å²) in [6.07, 6.45) is 16.4. The SMILES string of the molecule is O=C(O)CCCCCCCCCCCCCCc1ccc(OCc2ccccc2)cc1. The Hall–Kier alpha value is -2.29. The minimum Gasteiger partial charge on any atom is -0.489 e. The molecule has 170 valence electrons. The maximum atomic E-state index is 10.4. The van der Waals surface area contributed by atoms with Crippen LogP contribution in [0.2, 0.25) is 0 Å². The molecule has 0 aromatic heterocycles. The van der Waals surface area contributed by atoms with Gasteiger partial charge in [0.1, 0.15) is 12.4 Å². The van der Waals surface area contributed by atoms with Crippen LogP contribution in [0.5, 0.6) is 5.75 Å². The molecule has 0 bridgehead atoms. The van der Waals surface area contributed by atoms with Crippen molar-refractivity contribution in [1.82, 2.24) is 0 Å². The molecule has 2 aromatic carbocycles. The molecule has 31 heavy (non-hydrogen) atoms. The summed E-state index contributed by atoms with van der Waals surface area (Å²) in [5, 5.41) is 8.61. The third-order valence-electron chi connectivity index (χ3n) is 5.78. The second kappa shape index (κ2) is 16.4. The molecule has 0 atom stereocenters. The normalized spacial score (nSPS) is 10.8.